The van der Waals surface area contributed by atoms with Crippen molar-refractivity contribution in [2.75, 3.05) is 46.7 Å². The molecule has 0 saturated heterocycles. The minimum Gasteiger partial charge on any atom is -0.386 e. The molecule has 1 rings (SSSR count). The van der Waals surface area contributed by atoms with E-state index >= 15 is 0 Å². The maximum Gasteiger partial charge on any atom is 0.271 e. The molecular weight excluding hydrogens is 336 g/mol. The summed E-state index contributed by atoms with van der Waals surface area (Å²) in [5.41, 5.74) is -0.00734. The van der Waals surface area contributed by atoms with Crippen molar-refractivity contribution in [3.63, 3.8) is 0 Å². The maximum absolute atomic E-state index is 11.6. The second kappa shape index (κ2) is 11.7. The molecule has 1 amide bonds. The Morgan fingerprint density at radius 2 is 1.84 bits per heavy atom. The van der Waals surface area contributed by atoms with E-state index in [0.29, 0.717) is 19.8 Å². The minimum absolute atomic E-state index is 0.145. The lowest BCUT2D eigenvalue weighted by atomic mass is 9.97. The number of nitro groups is 1. The molecular formula is C15H24N2O8. The number of hydrogen-bond donors (Lipinski definition) is 3. The van der Waals surface area contributed by atoms with Crippen LogP contribution in [0.25, 0.3) is 0 Å². The molecule has 0 aliphatic heterocycles. The van der Waals surface area contributed by atoms with Gasteiger partial charge in [-0.15, -0.1) is 0 Å². The Labute approximate surface area is 145 Å². The molecule has 2 unspecified atom stereocenters. The molecule has 0 radical (unpaired) electrons. The van der Waals surface area contributed by atoms with Crippen LogP contribution in [0.5, 0.6) is 0 Å². The van der Waals surface area contributed by atoms with Crippen molar-refractivity contribution < 1.29 is 34.1 Å². The van der Waals surface area contributed by atoms with Crippen LogP contribution in [0.15, 0.2) is 23.4 Å². The summed E-state index contributed by atoms with van der Waals surface area (Å²) in [6.45, 7) is 1.55. The van der Waals surface area contributed by atoms with Crippen molar-refractivity contribution in [2.45, 2.75) is 18.6 Å². The number of hydrogen-bond acceptors (Lipinski definition) is 8. The van der Waals surface area contributed by atoms with E-state index in [-0.39, 0.29) is 43.4 Å². The lowest BCUT2D eigenvalue weighted by Crippen LogP contribution is -2.31. The number of nitrogens with one attached hydrogen (secondary N) is 1. The molecule has 10 heteroatoms. The number of aliphatic hydroxyl groups is 2. The molecule has 0 bridgehead atoms. The third kappa shape index (κ3) is 8.18. The SMILES string of the molecule is COCCOCCOCC(=O)NCCC1=CC(O)C(O)C=C1[N+](=O)[O-]. The Morgan fingerprint density at radius 3 is 2.52 bits per heavy atom. The zero-order valence-electron chi connectivity index (χ0n) is 14.1. The van der Waals surface area contributed by atoms with E-state index in [1.54, 1.807) is 7.11 Å². The second-order valence-corrected chi connectivity index (χ2v) is 5.24. The Morgan fingerprint density at radius 1 is 1.20 bits per heavy atom. The van der Waals surface area contributed by atoms with Gasteiger partial charge in [-0.3, -0.25) is 14.9 Å². The number of rotatable bonds is 12. The summed E-state index contributed by atoms with van der Waals surface area (Å²) in [7, 11) is 1.57. The smallest absolute Gasteiger partial charge is 0.271 e. The fourth-order valence-corrected chi connectivity index (χ4v) is 2.06. The predicted octanol–water partition coefficient (Wildman–Crippen LogP) is -1.01. The molecule has 0 heterocycles. The van der Waals surface area contributed by atoms with Gasteiger partial charge in [0.15, 0.2) is 0 Å². The van der Waals surface area contributed by atoms with Gasteiger partial charge in [0, 0.05) is 25.3 Å². The molecule has 3 N–H and O–H groups in total. The van der Waals surface area contributed by atoms with Gasteiger partial charge >= 0.3 is 0 Å². The van der Waals surface area contributed by atoms with Crippen LogP contribution in [0.3, 0.4) is 0 Å². The van der Waals surface area contributed by atoms with Gasteiger partial charge < -0.3 is 29.7 Å². The highest BCUT2D eigenvalue weighted by molar-refractivity contribution is 5.77. The van der Waals surface area contributed by atoms with Crippen LogP contribution in [-0.2, 0) is 19.0 Å². The fourth-order valence-electron chi connectivity index (χ4n) is 2.06. The van der Waals surface area contributed by atoms with Crippen LogP contribution in [0.1, 0.15) is 6.42 Å². The van der Waals surface area contributed by atoms with Crippen molar-refractivity contribution in [1.82, 2.24) is 5.32 Å². The third-order valence-electron chi connectivity index (χ3n) is 3.33. The van der Waals surface area contributed by atoms with Crippen LogP contribution >= 0.6 is 0 Å². The summed E-state index contributed by atoms with van der Waals surface area (Å²) in [5, 5.41) is 32.5. The molecule has 10 nitrogen and oxygen atoms in total. The highest BCUT2D eigenvalue weighted by atomic mass is 16.6. The maximum atomic E-state index is 11.6. The van der Waals surface area contributed by atoms with Crippen LogP contribution in [0, 0.1) is 10.1 Å². The first-order valence-electron chi connectivity index (χ1n) is 7.80. The quantitative estimate of drug-likeness (QED) is 0.229. The molecule has 1 aliphatic rings. The molecule has 0 spiro atoms. The van der Waals surface area contributed by atoms with E-state index in [2.05, 4.69) is 5.32 Å². The number of ether oxygens (including phenoxy) is 3. The molecule has 1 aliphatic carbocycles. The molecule has 0 aromatic heterocycles. The highest BCUT2D eigenvalue weighted by Crippen LogP contribution is 2.22. The number of allylic oxidation sites excluding steroid dienone is 1. The van der Waals surface area contributed by atoms with Crippen molar-refractivity contribution in [2.24, 2.45) is 0 Å². The van der Waals surface area contributed by atoms with Crippen molar-refractivity contribution in [3.05, 3.63) is 33.5 Å². The average Bonchev–Trinajstić information content (AvgIpc) is 2.56. The number of nitrogens with zero attached hydrogens (tertiary/aromatic N) is 1. The molecule has 0 saturated carbocycles. The Bertz CT molecular complexity index is 506. The fraction of sp³-hybridized carbons (Fsp3) is 0.667. The molecule has 142 valence electrons. The first kappa shape index (κ1) is 21.2. The van der Waals surface area contributed by atoms with Gasteiger partial charge in [-0.05, 0) is 12.5 Å². The lowest BCUT2D eigenvalue weighted by molar-refractivity contribution is -0.422. The van der Waals surface area contributed by atoms with Crippen molar-refractivity contribution in [3.8, 4) is 0 Å². The highest BCUT2D eigenvalue weighted by Gasteiger charge is 2.28. The first-order valence-corrected chi connectivity index (χ1v) is 7.80. The zero-order chi connectivity index (χ0) is 18.7. The number of methoxy groups -OCH3 is 1. The number of amides is 1. The lowest BCUT2D eigenvalue weighted by Gasteiger charge is -2.18. The standard InChI is InChI=1S/C15H24N2O8/c1-23-4-5-24-6-7-25-10-15(20)16-3-2-11-8-13(18)14(19)9-12(11)17(21)22/h8-9,13-14,18-19H,2-7,10H2,1H3,(H,16,20). The zero-order valence-corrected chi connectivity index (χ0v) is 14.1. The van der Waals surface area contributed by atoms with E-state index in [4.69, 9.17) is 14.2 Å². The van der Waals surface area contributed by atoms with E-state index in [1.807, 2.05) is 0 Å². The molecule has 0 aromatic rings. The van der Waals surface area contributed by atoms with Gasteiger partial charge in [0.25, 0.3) is 5.70 Å². The van der Waals surface area contributed by atoms with E-state index in [1.165, 1.54) is 6.08 Å². The number of carbonyl (C=O) groups is 1. The number of carbonyl (C=O) groups excluding carboxylic acids is 1. The minimum atomic E-state index is -1.31. The van der Waals surface area contributed by atoms with Gasteiger partial charge in [-0.1, -0.05) is 0 Å². The van der Waals surface area contributed by atoms with E-state index < -0.39 is 17.1 Å². The molecule has 2 atom stereocenters. The Balaban J connectivity index is 2.23. The van der Waals surface area contributed by atoms with E-state index in [0.717, 1.165) is 6.08 Å². The van der Waals surface area contributed by atoms with Crippen LogP contribution in [0.4, 0.5) is 0 Å². The van der Waals surface area contributed by atoms with Gasteiger partial charge in [-0.25, -0.2) is 0 Å². The average molecular weight is 360 g/mol. The van der Waals surface area contributed by atoms with Gasteiger partial charge in [-0.2, -0.15) is 0 Å². The Hall–Kier alpha value is -1.85. The molecule has 25 heavy (non-hydrogen) atoms. The summed E-state index contributed by atoms with van der Waals surface area (Å²) in [6.07, 6.45) is -0.131. The van der Waals surface area contributed by atoms with Crippen LogP contribution in [-0.4, -0.2) is 79.9 Å². The third-order valence-corrected chi connectivity index (χ3v) is 3.33. The summed E-state index contributed by atoms with van der Waals surface area (Å²) < 4.78 is 15.1. The van der Waals surface area contributed by atoms with Crippen LogP contribution < -0.4 is 5.32 Å². The van der Waals surface area contributed by atoms with E-state index in [9.17, 15) is 25.1 Å². The predicted molar refractivity (Wildman–Crippen MR) is 86.3 cm³/mol. The van der Waals surface area contributed by atoms with Crippen LogP contribution in [0.2, 0.25) is 0 Å². The van der Waals surface area contributed by atoms with Crippen molar-refractivity contribution >= 4 is 5.91 Å². The van der Waals surface area contributed by atoms with Crippen molar-refractivity contribution in [1.29, 1.82) is 0 Å². The molecule has 0 fully saturated rings. The second-order valence-electron chi connectivity index (χ2n) is 5.24. The first-order chi connectivity index (χ1) is 12.0. The summed E-state index contributed by atoms with van der Waals surface area (Å²) >= 11 is 0. The normalized spacial score (nSPS) is 20.0. The monoisotopic (exact) mass is 360 g/mol. The van der Waals surface area contributed by atoms with Gasteiger partial charge in [0.2, 0.25) is 5.91 Å². The summed E-state index contributed by atoms with van der Waals surface area (Å²) in [5.74, 6) is -0.361. The van der Waals surface area contributed by atoms with Gasteiger partial charge in [0.05, 0.1) is 31.4 Å². The topological polar surface area (TPSA) is 140 Å². The summed E-state index contributed by atoms with van der Waals surface area (Å²) in [6, 6.07) is 0. The number of aliphatic hydroxyl groups excluding tert-OH is 2. The van der Waals surface area contributed by atoms with Gasteiger partial charge in [0.1, 0.15) is 18.8 Å². The summed E-state index contributed by atoms with van der Waals surface area (Å²) in [4.78, 5) is 21.9. The Kier molecular flexibility index (Phi) is 9.88. The molecule has 0 aromatic carbocycles. The largest absolute Gasteiger partial charge is 0.386 e.